The smallest absolute Gasteiger partial charge is 0.205 e. The van der Waals surface area contributed by atoms with Crippen LogP contribution in [0.1, 0.15) is 32.4 Å². The molecule has 0 saturated carbocycles. The van der Waals surface area contributed by atoms with E-state index >= 15 is 0 Å². The fourth-order valence-electron chi connectivity index (χ4n) is 2.88. The SMILES string of the molecule is Cc1nc(/C=C(\C#N)C(=O)c2cc(C)n(-c3ccccc3F)c2C)cs1. The molecule has 0 bridgehead atoms. The number of rotatable bonds is 4. The third-order valence-corrected chi connectivity index (χ3v) is 4.85. The molecule has 2 heterocycles. The summed E-state index contributed by atoms with van der Waals surface area (Å²) in [5, 5.41) is 12.1. The van der Waals surface area contributed by atoms with Crippen LogP contribution in [0.2, 0.25) is 0 Å². The molecule has 0 amide bonds. The lowest BCUT2D eigenvalue weighted by molar-refractivity contribution is 0.103. The molecule has 26 heavy (non-hydrogen) atoms. The Labute approximate surface area is 154 Å². The lowest BCUT2D eigenvalue weighted by atomic mass is 10.0. The van der Waals surface area contributed by atoms with Crippen molar-refractivity contribution in [1.82, 2.24) is 9.55 Å². The number of ketones is 1. The highest BCUT2D eigenvalue weighted by Gasteiger charge is 2.21. The van der Waals surface area contributed by atoms with Crippen molar-refractivity contribution in [3.05, 3.63) is 74.8 Å². The Hall–Kier alpha value is -3.04. The first-order chi connectivity index (χ1) is 12.4. The number of aryl methyl sites for hydroxylation is 2. The predicted molar refractivity (Wildman–Crippen MR) is 100.0 cm³/mol. The fourth-order valence-corrected chi connectivity index (χ4v) is 3.45. The van der Waals surface area contributed by atoms with Gasteiger partial charge in [0.05, 0.1) is 16.4 Å². The number of thiazole rings is 1. The Morgan fingerprint density at radius 3 is 2.65 bits per heavy atom. The van der Waals surface area contributed by atoms with Gasteiger partial charge in [0.15, 0.2) is 0 Å². The second-order valence-corrected chi connectivity index (χ2v) is 6.92. The van der Waals surface area contributed by atoms with E-state index in [1.165, 1.54) is 23.5 Å². The Bertz CT molecular complexity index is 1070. The first-order valence-electron chi connectivity index (χ1n) is 7.95. The van der Waals surface area contributed by atoms with Gasteiger partial charge < -0.3 is 4.57 Å². The van der Waals surface area contributed by atoms with E-state index in [9.17, 15) is 14.4 Å². The van der Waals surface area contributed by atoms with E-state index < -0.39 is 5.78 Å². The van der Waals surface area contributed by atoms with Gasteiger partial charge in [-0.15, -0.1) is 11.3 Å². The van der Waals surface area contributed by atoms with Crippen molar-refractivity contribution in [2.75, 3.05) is 0 Å². The number of para-hydroxylation sites is 1. The largest absolute Gasteiger partial charge is 0.315 e. The summed E-state index contributed by atoms with van der Waals surface area (Å²) in [7, 11) is 0. The van der Waals surface area contributed by atoms with E-state index in [0.717, 1.165) is 10.7 Å². The Kier molecular flexibility index (Phi) is 4.83. The number of nitriles is 1. The zero-order chi connectivity index (χ0) is 18.8. The minimum Gasteiger partial charge on any atom is -0.315 e. The van der Waals surface area contributed by atoms with Crippen molar-refractivity contribution >= 4 is 23.2 Å². The van der Waals surface area contributed by atoms with E-state index in [-0.39, 0.29) is 11.4 Å². The molecular weight excluding hydrogens is 349 g/mol. The van der Waals surface area contributed by atoms with E-state index in [2.05, 4.69) is 4.98 Å². The number of hydrogen-bond donors (Lipinski definition) is 0. The van der Waals surface area contributed by atoms with Crippen molar-refractivity contribution in [2.45, 2.75) is 20.8 Å². The molecule has 0 N–H and O–H groups in total. The lowest BCUT2D eigenvalue weighted by Gasteiger charge is -2.10. The van der Waals surface area contributed by atoms with Crippen LogP contribution in [-0.4, -0.2) is 15.3 Å². The Morgan fingerprint density at radius 2 is 2.04 bits per heavy atom. The van der Waals surface area contributed by atoms with Gasteiger partial charge in [-0.2, -0.15) is 5.26 Å². The summed E-state index contributed by atoms with van der Waals surface area (Å²) in [6.07, 6.45) is 1.49. The average molecular weight is 365 g/mol. The van der Waals surface area contributed by atoms with Crippen LogP contribution in [0, 0.1) is 37.9 Å². The van der Waals surface area contributed by atoms with Crippen LogP contribution >= 0.6 is 11.3 Å². The number of Topliss-reactive ketones (excluding diaryl/α,β-unsaturated/α-hetero) is 1. The highest BCUT2D eigenvalue weighted by atomic mass is 32.1. The van der Waals surface area contributed by atoms with Gasteiger partial charge in [-0.05, 0) is 45.0 Å². The van der Waals surface area contributed by atoms with E-state index in [1.54, 1.807) is 48.1 Å². The van der Waals surface area contributed by atoms with Crippen molar-refractivity contribution in [2.24, 2.45) is 0 Å². The first kappa shape index (κ1) is 17.8. The van der Waals surface area contributed by atoms with Crippen LogP contribution in [0.5, 0.6) is 0 Å². The molecule has 6 heteroatoms. The zero-order valence-corrected chi connectivity index (χ0v) is 15.4. The van der Waals surface area contributed by atoms with Gasteiger partial charge in [-0.25, -0.2) is 9.37 Å². The molecule has 0 aliphatic rings. The maximum atomic E-state index is 14.2. The lowest BCUT2D eigenvalue weighted by Crippen LogP contribution is -2.06. The summed E-state index contributed by atoms with van der Waals surface area (Å²) in [6.45, 7) is 5.41. The zero-order valence-electron chi connectivity index (χ0n) is 14.6. The van der Waals surface area contributed by atoms with Crippen LogP contribution in [0.4, 0.5) is 4.39 Å². The maximum Gasteiger partial charge on any atom is 0.205 e. The molecule has 1 aromatic carbocycles. The second kappa shape index (κ2) is 7.06. The van der Waals surface area contributed by atoms with Crippen LogP contribution in [0.25, 0.3) is 11.8 Å². The number of aromatic nitrogens is 2. The first-order valence-corrected chi connectivity index (χ1v) is 8.82. The van der Waals surface area contributed by atoms with Gasteiger partial charge in [0.2, 0.25) is 5.78 Å². The number of benzene rings is 1. The Balaban J connectivity index is 2.06. The summed E-state index contributed by atoms with van der Waals surface area (Å²) < 4.78 is 15.9. The molecule has 2 aromatic heterocycles. The van der Waals surface area contributed by atoms with Gasteiger partial charge in [-0.1, -0.05) is 12.1 Å². The Morgan fingerprint density at radius 1 is 1.31 bits per heavy atom. The quantitative estimate of drug-likeness (QED) is 0.379. The summed E-state index contributed by atoms with van der Waals surface area (Å²) in [6, 6.07) is 10.0. The molecule has 0 fully saturated rings. The van der Waals surface area contributed by atoms with Gasteiger partial charge in [-0.3, -0.25) is 4.79 Å². The number of carbonyl (C=O) groups excluding carboxylic acids is 1. The maximum absolute atomic E-state index is 14.2. The van der Waals surface area contributed by atoms with Crippen LogP contribution in [0.15, 0.2) is 41.3 Å². The molecule has 130 valence electrons. The van der Waals surface area contributed by atoms with Crippen LogP contribution < -0.4 is 0 Å². The average Bonchev–Trinajstić information content (AvgIpc) is 3.16. The van der Waals surface area contributed by atoms with Gasteiger partial charge in [0.1, 0.15) is 17.5 Å². The molecule has 0 atom stereocenters. The molecule has 0 unspecified atom stereocenters. The van der Waals surface area contributed by atoms with Crippen LogP contribution in [-0.2, 0) is 0 Å². The van der Waals surface area contributed by atoms with Crippen molar-refractivity contribution in [3.63, 3.8) is 0 Å². The van der Waals surface area contributed by atoms with Gasteiger partial charge >= 0.3 is 0 Å². The number of nitrogens with zero attached hydrogens (tertiary/aromatic N) is 3. The summed E-state index contributed by atoms with van der Waals surface area (Å²) in [5.74, 6) is -0.767. The summed E-state index contributed by atoms with van der Waals surface area (Å²) >= 11 is 1.45. The molecule has 0 radical (unpaired) electrons. The molecule has 0 aliphatic heterocycles. The third-order valence-electron chi connectivity index (χ3n) is 4.06. The predicted octanol–water partition coefficient (Wildman–Crippen LogP) is 4.79. The van der Waals surface area contributed by atoms with Gasteiger partial charge in [0, 0.05) is 22.3 Å². The van der Waals surface area contributed by atoms with E-state index in [0.29, 0.717) is 22.6 Å². The minimum atomic E-state index is -0.395. The molecule has 3 aromatic rings. The highest BCUT2D eigenvalue weighted by Crippen LogP contribution is 2.25. The number of carbonyl (C=O) groups is 1. The van der Waals surface area contributed by atoms with E-state index in [4.69, 9.17) is 0 Å². The molecule has 0 aliphatic carbocycles. The van der Waals surface area contributed by atoms with Gasteiger partial charge in [0.25, 0.3) is 0 Å². The third kappa shape index (κ3) is 3.22. The summed E-state index contributed by atoms with van der Waals surface area (Å²) in [5.41, 5.74) is 2.65. The molecule has 4 nitrogen and oxygen atoms in total. The fraction of sp³-hybridized carbons (Fsp3) is 0.150. The van der Waals surface area contributed by atoms with Crippen molar-refractivity contribution in [1.29, 1.82) is 5.26 Å². The highest BCUT2D eigenvalue weighted by molar-refractivity contribution is 7.09. The standard InChI is InChI=1S/C20H16FN3OS/c1-12-8-17(13(2)24(12)19-7-5-4-6-18(19)21)20(25)15(10-22)9-16-11-26-14(3)23-16/h4-9,11H,1-3H3/b15-9+. The summed E-state index contributed by atoms with van der Waals surface area (Å²) in [4.78, 5) is 17.1. The topological polar surface area (TPSA) is 58.7 Å². The second-order valence-electron chi connectivity index (χ2n) is 5.86. The molecule has 3 rings (SSSR count). The number of halogens is 1. The normalized spacial score (nSPS) is 11.4. The monoisotopic (exact) mass is 365 g/mol. The number of allylic oxidation sites excluding steroid dienone is 1. The van der Waals surface area contributed by atoms with Crippen molar-refractivity contribution < 1.29 is 9.18 Å². The minimum absolute atomic E-state index is 0.00378. The van der Waals surface area contributed by atoms with E-state index in [1.807, 2.05) is 13.0 Å². The number of hydrogen-bond acceptors (Lipinski definition) is 4. The molecular formula is C20H16FN3OS. The molecule has 0 saturated heterocycles. The molecule has 0 spiro atoms. The van der Waals surface area contributed by atoms with Crippen molar-refractivity contribution in [3.8, 4) is 11.8 Å². The van der Waals surface area contributed by atoms with Crippen LogP contribution in [0.3, 0.4) is 0 Å².